The van der Waals surface area contributed by atoms with Crippen LogP contribution in [0.5, 0.6) is 0 Å². The Balaban J connectivity index is 1.76. The maximum Gasteiger partial charge on any atom is 0.276 e. The van der Waals surface area contributed by atoms with Crippen LogP contribution < -0.4 is 5.32 Å². The molecule has 0 aliphatic carbocycles. The fourth-order valence-electron chi connectivity index (χ4n) is 2.20. The lowest BCUT2D eigenvalue weighted by Crippen LogP contribution is -2.18. The zero-order valence-electron chi connectivity index (χ0n) is 12.5. The average molecular weight is 476 g/mol. The standard InChI is InChI=1S/C15H12Cl2IN5O/c1-22-14(12(18)7-19-22)15(24)20-13-5-6-23(21-13)8-9-10(16)3-2-4-11(9)17/h2-7H,8H2,1H3,(H,20,21,24). The third-order valence-electron chi connectivity index (χ3n) is 3.37. The van der Waals surface area contributed by atoms with Crippen molar-refractivity contribution in [1.82, 2.24) is 19.6 Å². The molecule has 1 N–H and O–H groups in total. The molecule has 0 spiro atoms. The predicted octanol–water partition coefficient (Wildman–Crippen LogP) is 3.83. The number of aryl methyl sites for hydroxylation is 1. The number of nitrogens with zero attached hydrogens (tertiary/aromatic N) is 4. The van der Waals surface area contributed by atoms with Crippen molar-refractivity contribution in [3.63, 3.8) is 0 Å². The molecule has 0 fully saturated rings. The number of carbonyl (C=O) groups is 1. The Bertz CT molecular complexity index is 865. The number of hydrogen-bond donors (Lipinski definition) is 1. The van der Waals surface area contributed by atoms with E-state index in [0.29, 0.717) is 28.1 Å². The largest absolute Gasteiger partial charge is 0.304 e. The predicted molar refractivity (Wildman–Crippen MR) is 102 cm³/mol. The number of halogens is 3. The van der Waals surface area contributed by atoms with E-state index in [0.717, 1.165) is 9.13 Å². The zero-order valence-corrected chi connectivity index (χ0v) is 16.2. The monoisotopic (exact) mass is 475 g/mol. The molecule has 124 valence electrons. The summed E-state index contributed by atoms with van der Waals surface area (Å²) in [6.07, 6.45) is 3.39. The topological polar surface area (TPSA) is 64.7 Å². The highest BCUT2D eigenvalue weighted by Gasteiger charge is 2.16. The fourth-order valence-corrected chi connectivity index (χ4v) is 3.44. The number of aromatic nitrogens is 4. The van der Waals surface area contributed by atoms with Gasteiger partial charge in [-0.25, -0.2) is 0 Å². The second-order valence-electron chi connectivity index (χ2n) is 5.02. The molecule has 1 amide bonds. The minimum atomic E-state index is -0.263. The number of nitrogens with one attached hydrogen (secondary N) is 1. The van der Waals surface area contributed by atoms with E-state index in [4.69, 9.17) is 23.2 Å². The summed E-state index contributed by atoms with van der Waals surface area (Å²) in [6, 6.07) is 7.06. The summed E-state index contributed by atoms with van der Waals surface area (Å²) >= 11 is 14.4. The van der Waals surface area contributed by atoms with Crippen LogP contribution in [0.4, 0.5) is 5.82 Å². The summed E-state index contributed by atoms with van der Waals surface area (Å²) in [7, 11) is 1.72. The number of anilines is 1. The molecule has 0 aliphatic rings. The maximum atomic E-state index is 12.3. The first kappa shape index (κ1) is 17.2. The first-order valence-electron chi connectivity index (χ1n) is 6.91. The molecule has 0 bridgehead atoms. The van der Waals surface area contributed by atoms with E-state index in [9.17, 15) is 4.79 Å². The smallest absolute Gasteiger partial charge is 0.276 e. The Morgan fingerprint density at radius 2 is 2.00 bits per heavy atom. The maximum absolute atomic E-state index is 12.3. The number of carbonyl (C=O) groups excluding carboxylic acids is 1. The highest BCUT2D eigenvalue weighted by atomic mass is 127. The van der Waals surface area contributed by atoms with E-state index < -0.39 is 0 Å². The van der Waals surface area contributed by atoms with Crippen molar-refractivity contribution in [2.24, 2.45) is 7.05 Å². The first-order chi connectivity index (χ1) is 11.5. The van der Waals surface area contributed by atoms with Gasteiger partial charge in [-0.05, 0) is 34.7 Å². The quantitative estimate of drug-likeness (QED) is 0.583. The molecule has 3 rings (SSSR count). The van der Waals surface area contributed by atoms with Gasteiger partial charge in [-0.2, -0.15) is 10.2 Å². The van der Waals surface area contributed by atoms with Crippen molar-refractivity contribution in [3.8, 4) is 0 Å². The van der Waals surface area contributed by atoms with Gasteiger partial charge in [0.05, 0.1) is 16.3 Å². The minimum Gasteiger partial charge on any atom is -0.304 e. The Morgan fingerprint density at radius 3 is 2.62 bits per heavy atom. The Kier molecular flexibility index (Phi) is 5.12. The van der Waals surface area contributed by atoms with Gasteiger partial charge in [0.15, 0.2) is 5.82 Å². The second-order valence-corrected chi connectivity index (χ2v) is 6.99. The molecule has 0 unspecified atom stereocenters. The van der Waals surface area contributed by atoms with Crippen molar-refractivity contribution in [2.45, 2.75) is 6.54 Å². The lowest BCUT2D eigenvalue weighted by atomic mass is 10.2. The third kappa shape index (κ3) is 3.57. The molecule has 6 nitrogen and oxygen atoms in total. The molecule has 3 aromatic rings. The van der Waals surface area contributed by atoms with Crippen LogP contribution >= 0.6 is 45.8 Å². The van der Waals surface area contributed by atoms with Gasteiger partial charge in [0.2, 0.25) is 0 Å². The van der Waals surface area contributed by atoms with E-state index in [1.165, 1.54) is 4.68 Å². The van der Waals surface area contributed by atoms with Gasteiger partial charge < -0.3 is 5.32 Å². The number of hydrogen-bond acceptors (Lipinski definition) is 3. The van der Waals surface area contributed by atoms with Gasteiger partial charge in [-0.15, -0.1) is 0 Å². The number of benzene rings is 1. The summed E-state index contributed by atoms with van der Waals surface area (Å²) in [5.74, 6) is 0.181. The second kappa shape index (κ2) is 7.12. The molecule has 1 aromatic carbocycles. The summed E-state index contributed by atoms with van der Waals surface area (Å²) in [5, 5.41) is 12.3. The van der Waals surface area contributed by atoms with Gasteiger partial charge >= 0.3 is 0 Å². The van der Waals surface area contributed by atoms with Crippen molar-refractivity contribution in [1.29, 1.82) is 0 Å². The third-order valence-corrected chi connectivity index (χ3v) is 4.87. The van der Waals surface area contributed by atoms with E-state index in [-0.39, 0.29) is 5.91 Å². The van der Waals surface area contributed by atoms with Gasteiger partial charge in [-0.1, -0.05) is 29.3 Å². The molecule has 0 radical (unpaired) electrons. The molecular weight excluding hydrogens is 464 g/mol. The molecule has 9 heteroatoms. The Morgan fingerprint density at radius 1 is 1.29 bits per heavy atom. The van der Waals surface area contributed by atoms with Gasteiger partial charge in [0.1, 0.15) is 5.69 Å². The van der Waals surface area contributed by atoms with Crippen LogP contribution in [0, 0.1) is 3.57 Å². The highest BCUT2D eigenvalue weighted by molar-refractivity contribution is 14.1. The van der Waals surface area contributed by atoms with Crippen LogP contribution in [-0.4, -0.2) is 25.5 Å². The van der Waals surface area contributed by atoms with Gasteiger partial charge in [-0.3, -0.25) is 14.2 Å². The molecule has 0 saturated heterocycles. The molecule has 2 heterocycles. The summed E-state index contributed by atoms with van der Waals surface area (Å²) in [4.78, 5) is 12.3. The van der Waals surface area contributed by atoms with E-state index in [1.807, 2.05) is 0 Å². The molecular formula is C15H12Cl2IN5O. The van der Waals surface area contributed by atoms with Crippen molar-refractivity contribution in [2.75, 3.05) is 5.32 Å². The normalized spacial score (nSPS) is 10.8. The summed E-state index contributed by atoms with van der Waals surface area (Å²) in [6.45, 7) is 0.414. The number of amides is 1. The lowest BCUT2D eigenvalue weighted by Gasteiger charge is -2.07. The molecule has 2 aromatic heterocycles. The molecule has 24 heavy (non-hydrogen) atoms. The summed E-state index contributed by atoms with van der Waals surface area (Å²) < 4.78 is 3.96. The van der Waals surface area contributed by atoms with Crippen LogP contribution in [0.2, 0.25) is 10.0 Å². The first-order valence-corrected chi connectivity index (χ1v) is 8.74. The molecule has 0 saturated carbocycles. The highest BCUT2D eigenvalue weighted by Crippen LogP contribution is 2.25. The van der Waals surface area contributed by atoms with Crippen LogP contribution in [0.1, 0.15) is 16.1 Å². The van der Waals surface area contributed by atoms with Crippen molar-refractivity contribution in [3.05, 3.63) is 61.5 Å². The van der Waals surface area contributed by atoms with Crippen molar-refractivity contribution >= 4 is 57.5 Å². The van der Waals surface area contributed by atoms with Crippen LogP contribution in [0.15, 0.2) is 36.7 Å². The van der Waals surface area contributed by atoms with Crippen molar-refractivity contribution < 1.29 is 4.79 Å². The molecule has 0 atom stereocenters. The average Bonchev–Trinajstić information content (AvgIpc) is 3.10. The van der Waals surface area contributed by atoms with Crippen LogP contribution in [-0.2, 0) is 13.6 Å². The van der Waals surface area contributed by atoms with E-state index >= 15 is 0 Å². The SMILES string of the molecule is Cn1ncc(I)c1C(=O)Nc1ccn(Cc2c(Cl)cccc2Cl)n1. The molecule has 0 aliphatic heterocycles. The van der Waals surface area contributed by atoms with E-state index in [2.05, 4.69) is 38.1 Å². The fraction of sp³-hybridized carbons (Fsp3) is 0.133. The van der Waals surface area contributed by atoms with E-state index in [1.54, 1.807) is 48.4 Å². The van der Waals surface area contributed by atoms with Crippen LogP contribution in [0.3, 0.4) is 0 Å². The Hall–Kier alpha value is -1.58. The van der Waals surface area contributed by atoms with Gasteiger partial charge in [0, 0.05) is 34.9 Å². The zero-order chi connectivity index (χ0) is 17.3. The Labute approximate surface area is 161 Å². The van der Waals surface area contributed by atoms with Crippen LogP contribution in [0.25, 0.3) is 0 Å². The minimum absolute atomic E-state index is 0.263. The summed E-state index contributed by atoms with van der Waals surface area (Å²) in [5.41, 5.74) is 1.27. The lowest BCUT2D eigenvalue weighted by molar-refractivity contribution is 0.101. The van der Waals surface area contributed by atoms with Gasteiger partial charge in [0.25, 0.3) is 5.91 Å². The number of rotatable bonds is 4.